The van der Waals surface area contributed by atoms with Crippen LogP contribution in [0.5, 0.6) is 0 Å². The van der Waals surface area contributed by atoms with Crippen LogP contribution in [0.4, 0.5) is 0 Å². The fourth-order valence-corrected chi connectivity index (χ4v) is 5.76. The molecule has 0 N–H and O–H groups in total. The first-order valence-corrected chi connectivity index (χ1v) is 19.5. The monoisotopic (exact) mass is 639 g/mol. The maximum absolute atomic E-state index is 12.4. The van der Waals surface area contributed by atoms with Crippen LogP contribution in [-0.4, -0.2) is 37.2 Å². The second-order valence-corrected chi connectivity index (χ2v) is 13.3. The van der Waals surface area contributed by atoms with Crippen LogP contribution in [0, 0.1) is 0 Å². The Labute approximate surface area is 278 Å². The zero-order chi connectivity index (χ0) is 33.1. The van der Waals surface area contributed by atoms with Crippen LogP contribution < -0.4 is 0 Å². The number of carbonyl (C=O) groups is 3. The molecular formula is C39H74O6. The van der Waals surface area contributed by atoms with Crippen LogP contribution >= 0.6 is 0 Å². The Morgan fingerprint density at radius 1 is 0.400 bits per heavy atom. The lowest BCUT2D eigenvalue weighted by Gasteiger charge is -2.18. The second-order valence-electron chi connectivity index (χ2n) is 13.3. The molecule has 6 nitrogen and oxygen atoms in total. The van der Waals surface area contributed by atoms with Crippen LogP contribution in [0.3, 0.4) is 0 Å². The zero-order valence-corrected chi connectivity index (χ0v) is 30.2. The Kier molecular flexibility index (Phi) is 34.0. The summed E-state index contributed by atoms with van der Waals surface area (Å²) < 4.78 is 15.9. The van der Waals surface area contributed by atoms with E-state index in [9.17, 15) is 14.4 Å². The molecule has 0 amide bonds. The molecule has 0 aliphatic carbocycles. The van der Waals surface area contributed by atoms with Gasteiger partial charge < -0.3 is 14.2 Å². The molecule has 0 aromatic carbocycles. The largest absolute Gasteiger partial charge is 0.462 e. The maximum Gasteiger partial charge on any atom is 0.306 e. The van der Waals surface area contributed by atoms with E-state index in [4.69, 9.17) is 14.2 Å². The lowest BCUT2D eigenvalue weighted by Crippen LogP contribution is -2.30. The Morgan fingerprint density at radius 2 is 0.689 bits per heavy atom. The van der Waals surface area contributed by atoms with Crippen molar-refractivity contribution in [3.05, 3.63) is 0 Å². The maximum atomic E-state index is 12.4. The molecule has 0 aliphatic rings. The number of unbranched alkanes of at least 4 members (excludes halogenated alkanes) is 26. The Hall–Kier alpha value is -1.59. The highest BCUT2D eigenvalue weighted by atomic mass is 16.6. The van der Waals surface area contributed by atoms with Crippen molar-refractivity contribution in [1.82, 2.24) is 0 Å². The second kappa shape index (κ2) is 35.3. The average Bonchev–Trinajstić information content (AvgIpc) is 3.02. The Morgan fingerprint density at radius 3 is 1.02 bits per heavy atom. The van der Waals surface area contributed by atoms with E-state index in [0.717, 1.165) is 38.5 Å². The SMILES string of the molecule is CCCCCCCCCCCCCCCCCC(=O)OCC(COC(C)=O)OC(=O)CCCCCCCCCCCCCCC. The minimum absolute atomic E-state index is 0.0742. The molecule has 1 atom stereocenters. The van der Waals surface area contributed by atoms with Crippen molar-refractivity contribution in [3.63, 3.8) is 0 Å². The summed E-state index contributed by atoms with van der Waals surface area (Å²) in [6.45, 7) is 5.67. The van der Waals surface area contributed by atoms with Gasteiger partial charge in [-0.3, -0.25) is 14.4 Å². The van der Waals surface area contributed by atoms with Crippen molar-refractivity contribution in [2.75, 3.05) is 13.2 Å². The van der Waals surface area contributed by atoms with Crippen molar-refractivity contribution < 1.29 is 28.6 Å². The van der Waals surface area contributed by atoms with E-state index < -0.39 is 12.1 Å². The van der Waals surface area contributed by atoms with E-state index in [-0.39, 0.29) is 25.2 Å². The van der Waals surface area contributed by atoms with E-state index in [1.807, 2.05) is 0 Å². The van der Waals surface area contributed by atoms with Gasteiger partial charge in [-0.05, 0) is 12.8 Å². The average molecular weight is 639 g/mol. The zero-order valence-electron chi connectivity index (χ0n) is 30.2. The molecule has 0 rings (SSSR count). The normalized spacial score (nSPS) is 11.8. The van der Waals surface area contributed by atoms with E-state index in [1.54, 1.807) is 0 Å². The number of hydrogen-bond acceptors (Lipinski definition) is 6. The molecule has 0 fully saturated rings. The van der Waals surface area contributed by atoms with Gasteiger partial charge in [0.05, 0.1) is 0 Å². The van der Waals surface area contributed by atoms with E-state index in [2.05, 4.69) is 13.8 Å². The molecule has 45 heavy (non-hydrogen) atoms. The molecule has 0 spiro atoms. The minimum atomic E-state index is -0.756. The highest BCUT2D eigenvalue weighted by molar-refractivity contribution is 5.70. The minimum Gasteiger partial charge on any atom is -0.462 e. The summed E-state index contributed by atoms with van der Waals surface area (Å²) in [6, 6.07) is 0. The Bertz CT molecular complexity index is 664. The van der Waals surface area contributed by atoms with Crippen molar-refractivity contribution in [1.29, 1.82) is 0 Å². The van der Waals surface area contributed by atoms with E-state index >= 15 is 0 Å². The lowest BCUT2D eigenvalue weighted by atomic mass is 10.0. The van der Waals surface area contributed by atoms with E-state index in [1.165, 1.54) is 148 Å². The summed E-state index contributed by atoms with van der Waals surface area (Å²) in [6.07, 6.45) is 35.4. The predicted molar refractivity (Wildman–Crippen MR) is 187 cm³/mol. The van der Waals surface area contributed by atoms with Crippen LogP contribution in [0.1, 0.15) is 213 Å². The Balaban J connectivity index is 3.80. The van der Waals surface area contributed by atoms with Gasteiger partial charge in [-0.2, -0.15) is 0 Å². The number of carbonyl (C=O) groups excluding carboxylic acids is 3. The first-order valence-electron chi connectivity index (χ1n) is 19.5. The fourth-order valence-electron chi connectivity index (χ4n) is 5.76. The van der Waals surface area contributed by atoms with E-state index in [0.29, 0.717) is 12.8 Å². The molecule has 0 radical (unpaired) electrons. The van der Waals surface area contributed by atoms with Crippen LogP contribution in [-0.2, 0) is 28.6 Å². The summed E-state index contributed by atoms with van der Waals surface area (Å²) in [5.74, 6) is -1.06. The topological polar surface area (TPSA) is 78.9 Å². The molecule has 0 heterocycles. The molecular weight excluding hydrogens is 564 g/mol. The molecule has 0 saturated carbocycles. The first kappa shape index (κ1) is 43.4. The van der Waals surface area contributed by atoms with Gasteiger partial charge in [0.1, 0.15) is 13.2 Å². The standard InChI is InChI=1S/C39H74O6/c1-4-6-8-10-12-14-16-18-19-21-22-24-26-28-30-32-38(41)44-35-37(34-43-36(3)40)45-39(42)33-31-29-27-25-23-20-17-15-13-11-9-7-5-2/h37H,4-35H2,1-3H3. The highest BCUT2D eigenvalue weighted by Crippen LogP contribution is 2.15. The third kappa shape index (κ3) is 35.1. The molecule has 266 valence electrons. The molecule has 0 bridgehead atoms. The third-order valence-corrected chi connectivity index (χ3v) is 8.67. The van der Waals surface area contributed by atoms with Crippen LogP contribution in [0.25, 0.3) is 0 Å². The van der Waals surface area contributed by atoms with Gasteiger partial charge in [0.25, 0.3) is 0 Å². The number of hydrogen-bond donors (Lipinski definition) is 0. The number of ether oxygens (including phenoxy) is 3. The fraction of sp³-hybridized carbons (Fsp3) is 0.923. The van der Waals surface area contributed by atoms with Gasteiger partial charge in [-0.15, -0.1) is 0 Å². The lowest BCUT2D eigenvalue weighted by molar-refractivity contribution is -0.166. The van der Waals surface area contributed by atoms with Gasteiger partial charge in [0, 0.05) is 19.8 Å². The third-order valence-electron chi connectivity index (χ3n) is 8.67. The predicted octanol–water partition coefficient (Wildman–Crippen LogP) is 11.7. The molecule has 0 aromatic rings. The summed E-state index contributed by atoms with van der Waals surface area (Å²) >= 11 is 0. The number of esters is 3. The molecule has 0 aliphatic heterocycles. The van der Waals surface area contributed by atoms with Crippen molar-refractivity contribution in [2.24, 2.45) is 0 Å². The quantitative estimate of drug-likeness (QED) is 0.0390. The summed E-state index contributed by atoms with van der Waals surface area (Å²) in [4.78, 5) is 35.9. The summed E-state index contributed by atoms with van der Waals surface area (Å²) in [7, 11) is 0. The van der Waals surface area contributed by atoms with Crippen LogP contribution in [0.2, 0.25) is 0 Å². The van der Waals surface area contributed by atoms with Crippen molar-refractivity contribution in [2.45, 2.75) is 219 Å². The van der Waals surface area contributed by atoms with Crippen molar-refractivity contribution in [3.8, 4) is 0 Å². The van der Waals surface area contributed by atoms with Gasteiger partial charge in [0.2, 0.25) is 0 Å². The molecule has 1 unspecified atom stereocenters. The van der Waals surface area contributed by atoms with Crippen molar-refractivity contribution >= 4 is 17.9 Å². The van der Waals surface area contributed by atoms with Crippen LogP contribution in [0.15, 0.2) is 0 Å². The first-order chi connectivity index (χ1) is 22.0. The molecule has 0 aromatic heterocycles. The smallest absolute Gasteiger partial charge is 0.306 e. The highest BCUT2D eigenvalue weighted by Gasteiger charge is 2.18. The molecule has 6 heteroatoms. The molecule has 0 saturated heterocycles. The van der Waals surface area contributed by atoms with Gasteiger partial charge in [0.15, 0.2) is 6.10 Å². The van der Waals surface area contributed by atoms with Gasteiger partial charge in [-0.1, -0.05) is 181 Å². The van der Waals surface area contributed by atoms with Gasteiger partial charge >= 0.3 is 17.9 Å². The summed E-state index contributed by atoms with van der Waals surface area (Å²) in [5.41, 5.74) is 0. The van der Waals surface area contributed by atoms with Gasteiger partial charge in [-0.25, -0.2) is 0 Å². The summed E-state index contributed by atoms with van der Waals surface area (Å²) in [5, 5.41) is 0. The number of rotatable bonds is 35.